The van der Waals surface area contributed by atoms with E-state index >= 15 is 0 Å². The van der Waals surface area contributed by atoms with Crippen LogP contribution < -0.4 is 0 Å². The highest BCUT2D eigenvalue weighted by Crippen LogP contribution is 2.50. The van der Waals surface area contributed by atoms with Crippen LogP contribution in [0.25, 0.3) is 0 Å². The maximum atomic E-state index is 11.7. The molecular weight excluding hydrogens is 228 g/mol. The van der Waals surface area contributed by atoms with Crippen molar-refractivity contribution in [2.45, 2.75) is 32.8 Å². The maximum absolute atomic E-state index is 11.7. The van der Waals surface area contributed by atoms with Crippen LogP contribution in [0.5, 0.6) is 0 Å². The molecule has 0 aromatic carbocycles. The largest absolute Gasteiger partial charge is 0.454 e. The number of ether oxygens (including phenoxy) is 1. The molecule has 18 heavy (non-hydrogen) atoms. The zero-order valence-corrected chi connectivity index (χ0v) is 11.0. The summed E-state index contributed by atoms with van der Waals surface area (Å²) in [4.78, 5) is 11.7. The van der Waals surface area contributed by atoms with E-state index in [0.29, 0.717) is 5.57 Å². The number of hydrogen-bond donors (Lipinski definition) is 1. The average Bonchev–Trinajstić information content (AvgIpc) is 2.61. The van der Waals surface area contributed by atoms with E-state index in [2.05, 4.69) is 20.1 Å². The summed E-state index contributed by atoms with van der Waals surface area (Å²) in [6, 6.07) is 0. The molecule has 2 aliphatic rings. The van der Waals surface area contributed by atoms with Gasteiger partial charge in [-0.25, -0.2) is 4.79 Å². The number of allylic oxidation sites excluding steroid dienone is 2. The average molecular weight is 248 g/mol. The summed E-state index contributed by atoms with van der Waals surface area (Å²) < 4.78 is 5.34. The number of hydrogen-bond acceptors (Lipinski definition) is 3. The molecule has 1 heterocycles. The Morgan fingerprint density at radius 1 is 1.67 bits per heavy atom. The summed E-state index contributed by atoms with van der Waals surface area (Å²) >= 11 is 0. The molecule has 3 nitrogen and oxygen atoms in total. The van der Waals surface area contributed by atoms with Gasteiger partial charge in [-0.05, 0) is 36.7 Å². The van der Waals surface area contributed by atoms with E-state index in [9.17, 15) is 9.90 Å². The third-order valence-electron chi connectivity index (χ3n) is 4.34. The predicted molar refractivity (Wildman–Crippen MR) is 69.8 cm³/mol. The Morgan fingerprint density at radius 3 is 2.83 bits per heavy atom. The highest BCUT2D eigenvalue weighted by Gasteiger charge is 2.46. The Morgan fingerprint density at radius 2 is 2.33 bits per heavy atom. The second-order valence-electron chi connectivity index (χ2n) is 5.57. The normalized spacial score (nSPS) is 35.2. The Bertz CT molecular complexity index is 447. The lowest BCUT2D eigenvalue weighted by molar-refractivity contribution is -0.141. The molecule has 0 amide bonds. The van der Waals surface area contributed by atoms with E-state index in [0.717, 1.165) is 24.0 Å². The van der Waals surface area contributed by atoms with Crippen molar-refractivity contribution >= 4 is 5.97 Å². The lowest BCUT2D eigenvalue weighted by Crippen LogP contribution is -2.37. The van der Waals surface area contributed by atoms with Gasteiger partial charge in [-0.15, -0.1) is 6.58 Å². The van der Waals surface area contributed by atoms with Crippen LogP contribution in [0.3, 0.4) is 0 Å². The maximum Gasteiger partial charge on any atom is 0.337 e. The Hall–Kier alpha value is -1.35. The van der Waals surface area contributed by atoms with E-state index < -0.39 is 0 Å². The molecule has 0 spiro atoms. The SMILES string of the molecule is C=CC1(C)CC2OC(=O)C(CO)=C2CC1C(=C)C. The molecule has 0 bridgehead atoms. The minimum absolute atomic E-state index is 0.106. The number of carbonyl (C=O) groups is 1. The molecule has 0 saturated heterocycles. The van der Waals surface area contributed by atoms with Gasteiger partial charge in [0.25, 0.3) is 0 Å². The fraction of sp³-hybridized carbons (Fsp3) is 0.533. The molecule has 2 rings (SSSR count). The van der Waals surface area contributed by atoms with Gasteiger partial charge in [-0.1, -0.05) is 25.2 Å². The number of rotatable bonds is 3. The first-order valence-corrected chi connectivity index (χ1v) is 6.25. The van der Waals surface area contributed by atoms with E-state index in [1.807, 2.05) is 13.0 Å². The number of fused-ring (bicyclic) bond motifs is 1. The minimum atomic E-state index is -0.369. The smallest absolute Gasteiger partial charge is 0.337 e. The minimum Gasteiger partial charge on any atom is -0.454 e. The van der Waals surface area contributed by atoms with E-state index in [-0.39, 0.29) is 30.0 Å². The summed E-state index contributed by atoms with van der Waals surface area (Å²) in [7, 11) is 0. The zero-order chi connectivity index (χ0) is 13.5. The number of aliphatic hydroxyl groups is 1. The summed E-state index contributed by atoms with van der Waals surface area (Å²) in [5, 5.41) is 9.29. The van der Waals surface area contributed by atoms with Crippen LogP contribution in [-0.2, 0) is 9.53 Å². The highest BCUT2D eigenvalue weighted by atomic mass is 16.5. The topological polar surface area (TPSA) is 46.5 Å². The first-order chi connectivity index (χ1) is 8.42. The van der Waals surface area contributed by atoms with Gasteiger partial charge < -0.3 is 9.84 Å². The summed E-state index contributed by atoms with van der Waals surface area (Å²) in [6.07, 6.45) is 3.19. The van der Waals surface area contributed by atoms with Crippen molar-refractivity contribution < 1.29 is 14.6 Å². The fourth-order valence-electron chi connectivity index (χ4n) is 3.14. The Labute approximate surface area is 108 Å². The van der Waals surface area contributed by atoms with Crippen molar-refractivity contribution in [3.63, 3.8) is 0 Å². The lowest BCUT2D eigenvalue weighted by Gasteiger charge is -2.42. The number of esters is 1. The van der Waals surface area contributed by atoms with Gasteiger partial charge in [0.2, 0.25) is 0 Å². The van der Waals surface area contributed by atoms with Gasteiger partial charge in [0.05, 0.1) is 12.2 Å². The van der Waals surface area contributed by atoms with Crippen LogP contribution >= 0.6 is 0 Å². The van der Waals surface area contributed by atoms with Gasteiger partial charge >= 0.3 is 5.97 Å². The molecule has 1 aliphatic carbocycles. The zero-order valence-electron chi connectivity index (χ0n) is 11.0. The molecule has 98 valence electrons. The molecule has 1 saturated carbocycles. The van der Waals surface area contributed by atoms with Crippen LogP contribution in [0, 0.1) is 11.3 Å². The van der Waals surface area contributed by atoms with Crippen molar-refractivity contribution in [1.29, 1.82) is 0 Å². The Kier molecular flexibility index (Phi) is 3.20. The third kappa shape index (κ3) is 1.83. The van der Waals surface area contributed by atoms with Crippen LogP contribution in [0.4, 0.5) is 0 Å². The number of aliphatic hydroxyl groups excluding tert-OH is 1. The second-order valence-corrected chi connectivity index (χ2v) is 5.57. The van der Waals surface area contributed by atoms with Gasteiger partial charge in [-0.3, -0.25) is 0 Å². The highest BCUT2D eigenvalue weighted by molar-refractivity contribution is 5.92. The Balaban J connectivity index is 2.40. The summed E-state index contributed by atoms with van der Waals surface area (Å²) in [5.41, 5.74) is 2.37. The van der Waals surface area contributed by atoms with E-state index in [1.54, 1.807) is 0 Å². The lowest BCUT2D eigenvalue weighted by atomic mass is 9.63. The van der Waals surface area contributed by atoms with Gasteiger partial charge in [0.1, 0.15) is 6.10 Å². The molecule has 3 unspecified atom stereocenters. The third-order valence-corrected chi connectivity index (χ3v) is 4.34. The fourth-order valence-corrected chi connectivity index (χ4v) is 3.14. The van der Waals surface area contributed by atoms with E-state index in [1.165, 1.54) is 0 Å². The summed E-state index contributed by atoms with van der Waals surface area (Å²) in [6.45, 7) is 11.9. The van der Waals surface area contributed by atoms with Crippen molar-refractivity contribution in [2.24, 2.45) is 11.3 Å². The standard InChI is InChI=1S/C15H20O3/c1-5-15(4)7-13-10(6-12(15)9(2)3)11(8-16)14(17)18-13/h5,12-13,16H,1-2,6-8H2,3-4H3. The van der Waals surface area contributed by atoms with Crippen molar-refractivity contribution in [3.05, 3.63) is 36.0 Å². The molecule has 1 aliphatic heterocycles. The molecule has 3 heteroatoms. The van der Waals surface area contributed by atoms with Gasteiger partial charge in [0, 0.05) is 0 Å². The second kappa shape index (κ2) is 4.39. The van der Waals surface area contributed by atoms with Gasteiger partial charge in [-0.2, -0.15) is 0 Å². The van der Waals surface area contributed by atoms with Gasteiger partial charge in [0.15, 0.2) is 0 Å². The van der Waals surface area contributed by atoms with Crippen LogP contribution in [0.2, 0.25) is 0 Å². The first-order valence-electron chi connectivity index (χ1n) is 6.25. The first kappa shape index (κ1) is 13.1. The molecule has 3 atom stereocenters. The molecule has 0 aromatic heterocycles. The van der Waals surface area contributed by atoms with Crippen molar-refractivity contribution in [3.8, 4) is 0 Å². The molecule has 0 radical (unpaired) electrons. The predicted octanol–water partition coefficient (Wildman–Crippen LogP) is 2.38. The van der Waals surface area contributed by atoms with Crippen LogP contribution in [-0.4, -0.2) is 23.8 Å². The molecule has 1 N–H and O–H groups in total. The van der Waals surface area contributed by atoms with E-state index in [4.69, 9.17) is 4.74 Å². The van der Waals surface area contributed by atoms with Crippen LogP contribution in [0.1, 0.15) is 26.7 Å². The molecule has 0 aromatic rings. The quantitative estimate of drug-likeness (QED) is 0.616. The molecule has 1 fully saturated rings. The van der Waals surface area contributed by atoms with Crippen LogP contribution in [0.15, 0.2) is 36.0 Å². The summed E-state index contributed by atoms with van der Waals surface area (Å²) in [5.74, 6) is -0.122. The monoisotopic (exact) mass is 248 g/mol. The molecular formula is C15H20O3. The number of carbonyl (C=O) groups excluding carboxylic acids is 1. The van der Waals surface area contributed by atoms with Crippen molar-refractivity contribution in [2.75, 3.05) is 6.61 Å². The van der Waals surface area contributed by atoms with Crippen molar-refractivity contribution in [1.82, 2.24) is 0 Å².